The molecule has 1 aromatic heterocycles. The lowest BCUT2D eigenvalue weighted by Crippen LogP contribution is -2.43. The van der Waals surface area contributed by atoms with Gasteiger partial charge in [-0.05, 0) is 57.1 Å². The van der Waals surface area contributed by atoms with Crippen LogP contribution in [0.3, 0.4) is 0 Å². The van der Waals surface area contributed by atoms with Gasteiger partial charge in [0, 0.05) is 44.0 Å². The van der Waals surface area contributed by atoms with E-state index in [0.29, 0.717) is 30.3 Å². The predicted molar refractivity (Wildman–Crippen MR) is 133 cm³/mol. The Hall–Kier alpha value is -2.58. The Morgan fingerprint density at radius 1 is 1.15 bits per heavy atom. The molecule has 2 heterocycles. The lowest BCUT2D eigenvalue weighted by atomic mass is 9.96. The normalized spacial score (nSPS) is 14.5. The highest BCUT2D eigenvalue weighted by atomic mass is 35.5. The molecule has 9 heteroatoms. The largest absolute Gasteiger partial charge is 0.355 e. The van der Waals surface area contributed by atoms with Gasteiger partial charge in [0.25, 0.3) is 0 Å². The zero-order valence-corrected chi connectivity index (χ0v) is 20.8. The minimum absolute atomic E-state index is 0.00447. The Morgan fingerprint density at radius 3 is 2.36 bits per heavy atom. The molecule has 1 aliphatic heterocycles. The SMILES string of the molecule is CCN(CC)CCNC(=O)C1CCN(c2c(NC(C)=O)c(C)nn2-c2ccc(Cl)cc2)CC1. The van der Waals surface area contributed by atoms with E-state index in [1.165, 1.54) is 6.92 Å². The van der Waals surface area contributed by atoms with Crippen molar-refractivity contribution in [2.75, 3.05) is 49.5 Å². The van der Waals surface area contributed by atoms with Crippen molar-refractivity contribution < 1.29 is 9.59 Å². The van der Waals surface area contributed by atoms with E-state index in [2.05, 4.69) is 34.3 Å². The van der Waals surface area contributed by atoms with Crippen LogP contribution in [0.2, 0.25) is 5.02 Å². The van der Waals surface area contributed by atoms with Crippen LogP contribution in [-0.4, -0.2) is 65.8 Å². The quantitative estimate of drug-likeness (QED) is 0.581. The first-order valence-electron chi connectivity index (χ1n) is 11.7. The predicted octanol–water partition coefficient (Wildman–Crippen LogP) is 3.47. The summed E-state index contributed by atoms with van der Waals surface area (Å²) in [6.07, 6.45) is 1.50. The summed E-state index contributed by atoms with van der Waals surface area (Å²) in [6.45, 7) is 12.6. The molecule has 1 saturated heterocycles. The van der Waals surface area contributed by atoms with E-state index in [9.17, 15) is 9.59 Å². The topological polar surface area (TPSA) is 82.5 Å². The summed E-state index contributed by atoms with van der Waals surface area (Å²) in [7, 11) is 0. The molecule has 2 N–H and O–H groups in total. The van der Waals surface area contributed by atoms with E-state index < -0.39 is 0 Å². The summed E-state index contributed by atoms with van der Waals surface area (Å²) in [4.78, 5) is 29.1. The van der Waals surface area contributed by atoms with Gasteiger partial charge in [-0.3, -0.25) is 9.59 Å². The number of aromatic nitrogens is 2. The number of aryl methyl sites for hydroxylation is 1. The summed E-state index contributed by atoms with van der Waals surface area (Å²) in [5, 5.41) is 11.4. The van der Waals surface area contributed by atoms with Crippen molar-refractivity contribution in [2.45, 2.75) is 40.5 Å². The second-order valence-electron chi connectivity index (χ2n) is 8.43. The third-order valence-corrected chi connectivity index (χ3v) is 6.45. The molecular weight excluding hydrogens is 440 g/mol. The van der Waals surface area contributed by atoms with Crippen LogP contribution in [0.1, 0.15) is 39.3 Å². The molecule has 8 nitrogen and oxygen atoms in total. The molecular formula is C24H35ClN6O2. The summed E-state index contributed by atoms with van der Waals surface area (Å²) in [5.74, 6) is 0.823. The van der Waals surface area contributed by atoms with Gasteiger partial charge in [0.05, 0.1) is 11.4 Å². The average molecular weight is 475 g/mol. The van der Waals surface area contributed by atoms with Crippen LogP contribution >= 0.6 is 11.6 Å². The maximum absolute atomic E-state index is 12.7. The summed E-state index contributed by atoms with van der Waals surface area (Å²) < 4.78 is 1.85. The summed E-state index contributed by atoms with van der Waals surface area (Å²) >= 11 is 6.07. The minimum atomic E-state index is -0.141. The number of nitrogens with zero attached hydrogens (tertiary/aromatic N) is 4. The highest BCUT2D eigenvalue weighted by molar-refractivity contribution is 6.30. The van der Waals surface area contributed by atoms with Gasteiger partial charge < -0.3 is 20.4 Å². The van der Waals surface area contributed by atoms with Crippen LogP contribution in [0.4, 0.5) is 11.5 Å². The number of carbonyl (C=O) groups excluding carboxylic acids is 2. The molecule has 3 rings (SSSR count). The van der Waals surface area contributed by atoms with Gasteiger partial charge in [-0.2, -0.15) is 5.10 Å². The van der Waals surface area contributed by atoms with Crippen molar-refractivity contribution in [1.29, 1.82) is 0 Å². The van der Waals surface area contributed by atoms with Crippen LogP contribution < -0.4 is 15.5 Å². The Morgan fingerprint density at radius 2 is 1.79 bits per heavy atom. The molecule has 1 aromatic carbocycles. The van der Waals surface area contributed by atoms with Crippen LogP contribution in [0.15, 0.2) is 24.3 Å². The lowest BCUT2D eigenvalue weighted by molar-refractivity contribution is -0.125. The van der Waals surface area contributed by atoms with Gasteiger partial charge >= 0.3 is 0 Å². The van der Waals surface area contributed by atoms with E-state index in [4.69, 9.17) is 16.7 Å². The zero-order chi connectivity index (χ0) is 24.0. The highest BCUT2D eigenvalue weighted by Gasteiger charge is 2.29. The number of likely N-dealkylation sites (N-methyl/N-ethyl adjacent to an activating group) is 1. The van der Waals surface area contributed by atoms with Crippen LogP contribution in [0, 0.1) is 12.8 Å². The number of anilines is 2. The number of amides is 2. The molecule has 0 saturated carbocycles. The molecule has 33 heavy (non-hydrogen) atoms. The van der Waals surface area contributed by atoms with Gasteiger partial charge in [0.2, 0.25) is 11.8 Å². The number of hydrogen-bond donors (Lipinski definition) is 2. The third kappa shape index (κ3) is 6.26. The van der Waals surface area contributed by atoms with Crippen molar-refractivity contribution in [2.24, 2.45) is 5.92 Å². The number of benzene rings is 1. The van der Waals surface area contributed by atoms with Gasteiger partial charge in [-0.1, -0.05) is 25.4 Å². The number of carbonyl (C=O) groups is 2. The molecule has 0 radical (unpaired) electrons. The number of piperidine rings is 1. The van der Waals surface area contributed by atoms with Crippen molar-refractivity contribution >= 4 is 34.9 Å². The van der Waals surface area contributed by atoms with Crippen molar-refractivity contribution in [1.82, 2.24) is 20.0 Å². The first-order valence-corrected chi connectivity index (χ1v) is 12.1. The fourth-order valence-electron chi connectivity index (χ4n) is 4.27. The van der Waals surface area contributed by atoms with Gasteiger partial charge in [-0.25, -0.2) is 4.68 Å². The number of rotatable bonds is 9. The fourth-order valence-corrected chi connectivity index (χ4v) is 4.39. The first-order chi connectivity index (χ1) is 15.8. The molecule has 0 aliphatic carbocycles. The fraction of sp³-hybridized carbons (Fsp3) is 0.542. The Kier molecular flexibility index (Phi) is 8.74. The molecule has 1 fully saturated rings. The second kappa shape index (κ2) is 11.5. The molecule has 2 aromatic rings. The van der Waals surface area contributed by atoms with Crippen molar-refractivity contribution in [3.05, 3.63) is 35.0 Å². The second-order valence-corrected chi connectivity index (χ2v) is 8.87. The van der Waals surface area contributed by atoms with E-state index in [1.54, 1.807) is 0 Å². The highest BCUT2D eigenvalue weighted by Crippen LogP contribution is 2.35. The number of nitrogens with one attached hydrogen (secondary N) is 2. The van der Waals surface area contributed by atoms with Gasteiger partial charge in [0.15, 0.2) is 5.82 Å². The smallest absolute Gasteiger partial charge is 0.223 e. The third-order valence-electron chi connectivity index (χ3n) is 6.20. The molecule has 180 valence electrons. The Bertz CT molecular complexity index is 947. The standard InChI is InChI=1S/C24H35ClN6O2/c1-5-29(6-2)16-13-26-23(33)19-11-14-30(15-12-19)24-22(27-18(4)32)17(3)28-31(24)21-9-7-20(25)8-10-21/h7-10,19H,5-6,11-16H2,1-4H3,(H,26,33)(H,27,32). The van der Waals surface area contributed by atoms with Crippen molar-refractivity contribution in [3.63, 3.8) is 0 Å². The molecule has 0 atom stereocenters. The summed E-state index contributed by atoms with van der Waals surface area (Å²) in [5.41, 5.74) is 2.32. The first kappa shape index (κ1) is 25.1. The lowest BCUT2D eigenvalue weighted by Gasteiger charge is -2.33. The average Bonchev–Trinajstić information content (AvgIpc) is 3.12. The maximum Gasteiger partial charge on any atom is 0.223 e. The maximum atomic E-state index is 12.7. The molecule has 1 aliphatic rings. The van der Waals surface area contributed by atoms with Gasteiger partial charge in [0.1, 0.15) is 5.69 Å². The summed E-state index contributed by atoms with van der Waals surface area (Å²) in [6, 6.07) is 7.47. The minimum Gasteiger partial charge on any atom is -0.355 e. The van der Waals surface area contributed by atoms with E-state index in [1.807, 2.05) is 35.9 Å². The van der Waals surface area contributed by atoms with Crippen LogP contribution in [-0.2, 0) is 9.59 Å². The Balaban J connectivity index is 1.72. The number of halogens is 1. The van der Waals surface area contributed by atoms with Crippen LogP contribution in [0.5, 0.6) is 0 Å². The van der Waals surface area contributed by atoms with E-state index in [0.717, 1.165) is 49.7 Å². The molecule has 0 spiro atoms. The Labute approximate surface area is 201 Å². The van der Waals surface area contributed by atoms with Gasteiger partial charge in [-0.15, -0.1) is 0 Å². The molecule has 0 unspecified atom stereocenters. The van der Waals surface area contributed by atoms with Crippen LogP contribution in [0.25, 0.3) is 5.69 Å². The monoisotopic (exact) mass is 474 g/mol. The van der Waals surface area contributed by atoms with E-state index in [-0.39, 0.29) is 17.7 Å². The van der Waals surface area contributed by atoms with Crippen molar-refractivity contribution in [3.8, 4) is 5.69 Å². The molecule has 2 amide bonds. The zero-order valence-electron chi connectivity index (χ0n) is 20.0. The van der Waals surface area contributed by atoms with E-state index >= 15 is 0 Å². The molecule has 0 bridgehead atoms. The number of hydrogen-bond acceptors (Lipinski definition) is 5.